The Hall–Kier alpha value is -0.0775. The van der Waals surface area contributed by atoms with E-state index in [9.17, 15) is 9.90 Å². The zero-order chi connectivity index (χ0) is 12.8. The topological polar surface area (TPSA) is 100 Å². The van der Waals surface area contributed by atoms with Crippen LogP contribution in [0.1, 0.15) is 90.4 Å². The van der Waals surface area contributed by atoms with Crippen LogP contribution in [-0.2, 0) is 4.79 Å². The first-order valence-corrected chi connectivity index (χ1v) is 7.47. The van der Waals surface area contributed by atoms with Crippen molar-refractivity contribution in [3.63, 3.8) is 0 Å². The van der Waals surface area contributed by atoms with E-state index in [1.54, 1.807) is 0 Å². The van der Waals surface area contributed by atoms with Crippen LogP contribution in [0.5, 0.6) is 0 Å². The second-order valence-electron chi connectivity index (χ2n) is 5.01. The molecule has 20 heavy (non-hydrogen) atoms. The quantitative estimate of drug-likeness (QED) is 0.385. The van der Waals surface area contributed by atoms with Gasteiger partial charge in [-0.2, -0.15) is 0 Å². The predicted octanol–water partition coefficient (Wildman–Crippen LogP) is 3.09. The van der Waals surface area contributed by atoms with Gasteiger partial charge in [0.05, 0.1) is 0 Å². The summed E-state index contributed by atoms with van der Waals surface area (Å²) in [6.45, 7) is 2.25. The van der Waals surface area contributed by atoms with Crippen molar-refractivity contribution in [3.8, 4) is 0 Å². The molecule has 4 nitrogen and oxygen atoms in total. The molecule has 0 bridgehead atoms. The first-order valence-electron chi connectivity index (χ1n) is 7.47. The van der Waals surface area contributed by atoms with Crippen molar-refractivity contribution in [1.29, 1.82) is 0 Å². The van der Waals surface area contributed by atoms with E-state index in [-0.39, 0.29) is 34.7 Å². The zero-order valence-corrected chi connectivity index (χ0v) is 14.1. The second kappa shape index (κ2) is 24.0. The van der Waals surface area contributed by atoms with Crippen LogP contribution < -0.4 is 5.11 Å². The fourth-order valence-corrected chi connectivity index (χ4v) is 2.11. The molecular formula is C15H31AlO4. The van der Waals surface area contributed by atoms with Crippen LogP contribution in [0.25, 0.3) is 0 Å². The number of unbranched alkanes of at least 4 members (excludes halogenated alkanes) is 11. The molecule has 0 fully saturated rings. The van der Waals surface area contributed by atoms with Crippen molar-refractivity contribution in [2.24, 2.45) is 0 Å². The number of carbonyl (C=O) groups is 1. The Morgan fingerprint density at radius 2 is 1.00 bits per heavy atom. The molecule has 0 aromatic rings. The van der Waals surface area contributed by atoms with Crippen molar-refractivity contribution in [2.45, 2.75) is 90.4 Å². The largest absolute Gasteiger partial charge is 3.00 e. The number of hydrogen-bond donors (Lipinski definition) is 0. The maximum absolute atomic E-state index is 10.2. The summed E-state index contributed by atoms with van der Waals surface area (Å²) in [6.07, 6.45) is 15.5. The Balaban J connectivity index is -0.000000427. The number of carboxylic acid groups (broad SMARTS) is 1. The van der Waals surface area contributed by atoms with Gasteiger partial charge in [-0.1, -0.05) is 77.6 Å². The van der Waals surface area contributed by atoms with Crippen molar-refractivity contribution in [2.75, 3.05) is 0 Å². The van der Waals surface area contributed by atoms with Gasteiger partial charge in [0.25, 0.3) is 0 Å². The number of carbonyl (C=O) groups excluding carboxylic acids is 1. The number of rotatable bonds is 13. The molecule has 0 amide bonds. The van der Waals surface area contributed by atoms with Gasteiger partial charge in [-0.15, -0.1) is 0 Å². The number of carboxylic acids is 1. The smallest absolute Gasteiger partial charge is 0.870 e. The molecular weight excluding hydrogens is 271 g/mol. The van der Waals surface area contributed by atoms with Crippen LogP contribution in [-0.4, -0.2) is 34.3 Å². The fraction of sp³-hybridized carbons (Fsp3) is 0.933. The summed E-state index contributed by atoms with van der Waals surface area (Å²) < 4.78 is 0. The molecule has 0 aromatic carbocycles. The summed E-state index contributed by atoms with van der Waals surface area (Å²) in [7, 11) is 0. The van der Waals surface area contributed by atoms with E-state index in [0.717, 1.165) is 12.8 Å². The van der Waals surface area contributed by atoms with Gasteiger partial charge in [-0.25, -0.2) is 0 Å². The Bertz CT molecular complexity index is 177. The van der Waals surface area contributed by atoms with Crippen molar-refractivity contribution in [3.05, 3.63) is 0 Å². The SMILES string of the molecule is CCCCCCCCCCCCCCC(=O)[O-].[Al+3].[OH-].[OH-]. The molecule has 0 aromatic heterocycles. The van der Waals surface area contributed by atoms with Gasteiger partial charge in [0.15, 0.2) is 0 Å². The molecule has 0 heterocycles. The summed E-state index contributed by atoms with van der Waals surface area (Å²) in [5.74, 6) is -0.905. The maximum Gasteiger partial charge on any atom is 3.00 e. The molecule has 0 aliphatic carbocycles. The first-order chi connectivity index (χ1) is 8.27. The third-order valence-electron chi connectivity index (χ3n) is 3.23. The molecule has 0 atom stereocenters. The molecule has 0 spiro atoms. The molecule has 0 radical (unpaired) electrons. The number of aliphatic carboxylic acids is 1. The van der Waals surface area contributed by atoms with E-state index in [1.165, 1.54) is 64.2 Å². The third kappa shape index (κ3) is 26.5. The van der Waals surface area contributed by atoms with Crippen LogP contribution in [0.2, 0.25) is 0 Å². The van der Waals surface area contributed by atoms with Gasteiger partial charge in [-0.05, 0) is 12.8 Å². The van der Waals surface area contributed by atoms with E-state index >= 15 is 0 Å². The molecule has 0 rings (SSSR count). The van der Waals surface area contributed by atoms with Gasteiger partial charge in [-0.3, -0.25) is 0 Å². The van der Waals surface area contributed by atoms with Gasteiger partial charge in [0.2, 0.25) is 0 Å². The molecule has 5 heteroatoms. The van der Waals surface area contributed by atoms with Crippen LogP contribution in [0, 0.1) is 0 Å². The molecule has 2 N–H and O–H groups in total. The molecule has 0 aliphatic rings. The zero-order valence-electron chi connectivity index (χ0n) is 13.0. The summed E-state index contributed by atoms with van der Waals surface area (Å²) in [5, 5.41) is 10.2. The summed E-state index contributed by atoms with van der Waals surface area (Å²) >= 11 is 0. The summed E-state index contributed by atoms with van der Waals surface area (Å²) in [5.41, 5.74) is 0. The molecule has 0 aliphatic heterocycles. The van der Waals surface area contributed by atoms with Crippen LogP contribution in [0.3, 0.4) is 0 Å². The Morgan fingerprint density at radius 3 is 1.30 bits per heavy atom. The minimum Gasteiger partial charge on any atom is -0.870 e. The van der Waals surface area contributed by atoms with E-state index in [0.29, 0.717) is 0 Å². The van der Waals surface area contributed by atoms with Gasteiger partial charge >= 0.3 is 17.4 Å². The standard InChI is InChI=1S/C15H30O2.Al.2H2O/c1-2-3-4-5-6-7-8-9-10-11-12-13-14-15(16)17;;;/h2-14H2,1H3,(H,16,17);;2*1H2/q;+3;;/p-3. The monoisotopic (exact) mass is 302 g/mol. The first kappa shape index (κ1) is 28.1. The van der Waals surface area contributed by atoms with Crippen molar-refractivity contribution >= 4 is 23.3 Å². The number of hydrogen-bond acceptors (Lipinski definition) is 4. The molecule has 118 valence electrons. The average Bonchev–Trinajstić information content (AvgIpc) is 2.30. The van der Waals surface area contributed by atoms with Gasteiger partial charge in [0.1, 0.15) is 0 Å². The second-order valence-corrected chi connectivity index (χ2v) is 5.01. The minimum atomic E-state index is -0.905. The molecule has 0 unspecified atom stereocenters. The maximum atomic E-state index is 10.2. The van der Waals surface area contributed by atoms with E-state index in [2.05, 4.69) is 6.92 Å². The minimum absolute atomic E-state index is 0. The predicted molar refractivity (Wildman–Crippen MR) is 80.3 cm³/mol. The van der Waals surface area contributed by atoms with Crippen molar-refractivity contribution in [1.82, 2.24) is 0 Å². The van der Waals surface area contributed by atoms with E-state index < -0.39 is 5.97 Å². The third-order valence-corrected chi connectivity index (χ3v) is 3.23. The molecule has 0 saturated carbocycles. The van der Waals surface area contributed by atoms with Crippen LogP contribution in [0.15, 0.2) is 0 Å². The normalized spacial score (nSPS) is 9.05. The van der Waals surface area contributed by atoms with Gasteiger partial charge in [0, 0.05) is 5.97 Å². The summed E-state index contributed by atoms with van der Waals surface area (Å²) in [4.78, 5) is 10.2. The van der Waals surface area contributed by atoms with E-state index in [1.807, 2.05) is 0 Å². The Kier molecular flexibility index (Phi) is 33.7. The molecule has 0 saturated heterocycles. The van der Waals surface area contributed by atoms with Gasteiger partial charge < -0.3 is 20.9 Å². The summed E-state index contributed by atoms with van der Waals surface area (Å²) in [6, 6.07) is 0. The van der Waals surface area contributed by atoms with E-state index in [4.69, 9.17) is 0 Å². The average molecular weight is 302 g/mol. The van der Waals surface area contributed by atoms with Crippen LogP contribution >= 0.6 is 0 Å². The van der Waals surface area contributed by atoms with Crippen LogP contribution in [0.4, 0.5) is 0 Å². The Morgan fingerprint density at radius 1 is 0.700 bits per heavy atom. The fourth-order valence-electron chi connectivity index (χ4n) is 2.11. The Labute approximate surface area is 135 Å². The van der Waals surface area contributed by atoms with Crippen molar-refractivity contribution < 1.29 is 20.9 Å².